The van der Waals surface area contributed by atoms with Gasteiger partial charge in [0.25, 0.3) is 0 Å². The summed E-state index contributed by atoms with van der Waals surface area (Å²) in [6.07, 6.45) is 11.9. The zero-order chi connectivity index (χ0) is 25.9. The largest absolute Gasteiger partial charge is 0.326 e. The molecule has 3 aromatic carbocycles. The number of hydrogen-bond acceptors (Lipinski definition) is 5. The number of hydrogen-bond donors (Lipinski definition) is 0. The van der Waals surface area contributed by atoms with Crippen molar-refractivity contribution in [2.45, 2.75) is 12.1 Å². The first-order valence-corrected chi connectivity index (χ1v) is 13.7. The third-order valence-electron chi connectivity index (χ3n) is 9.12. The lowest BCUT2D eigenvalue weighted by Gasteiger charge is -2.50. The van der Waals surface area contributed by atoms with Crippen molar-refractivity contribution in [3.63, 3.8) is 0 Å². The van der Waals surface area contributed by atoms with Gasteiger partial charge in [-0.3, -0.25) is 15.0 Å². The van der Waals surface area contributed by atoms with Crippen molar-refractivity contribution >= 4 is 22.7 Å². The molecule has 0 fully saturated rings. The minimum Gasteiger partial charge on any atom is -0.326 e. The van der Waals surface area contributed by atoms with Crippen molar-refractivity contribution in [1.29, 1.82) is 0 Å². The molecule has 0 radical (unpaired) electrons. The van der Waals surface area contributed by atoms with Crippen molar-refractivity contribution in [3.05, 3.63) is 138 Å². The van der Waals surface area contributed by atoms with Gasteiger partial charge in [0.15, 0.2) is 0 Å². The van der Waals surface area contributed by atoms with Gasteiger partial charge in [-0.25, -0.2) is 0 Å². The van der Waals surface area contributed by atoms with Crippen LogP contribution in [-0.2, 0) is 0 Å². The number of anilines is 4. The van der Waals surface area contributed by atoms with E-state index in [0.717, 1.165) is 22.7 Å². The maximum Gasteiger partial charge on any atom is 0.0858 e. The molecule has 6 aromatic rings. The quantitative estimate of drug-likeness (QED) is 0.207. The molecule has 3 aromatic heterocycles. The van der Waals surface area contributed by atoms with Crippen LogP contribution in [0.3, 0.4) is 0 Å². The molecule has 0 N–H and O–H groups in total. The number of aromatic nitrogens is 3. The summed E-state index contributed by atoms with van der Waals surface area (Å²) < 4.78 is 0. The van der Waals surface area contributed by atoms with Gasteiger partial charge in [0.1, 0.15) is 0 Å². The fourth-order valence-corrected chi connectivity index (χ4v) is 7.67. The highest BCUT2D eigenvalue weighted by Crippen LogP contribution is 2.64. The number of pyridine rings is 3. The molecule has 0 spiro atoms. The lowest BCUT2D eigenvalue weighted by atomic mass is 9.72. The predicted molar refractivity (Wildman–Crippen MR) is 157 cm³/mol. The zero-order valence-electron chi connectivity index (χ0n) is 21.4. The van der Waals surface area contributed by atoms with Crippen LogP contribution in [0.1, 0.15) is 34.3 Å². The van der Waals surface area contributed by atoms with Crippen LogP contribution in [0.2, 0.25) is 0 Å². The summed E-state index contributed by atoms with van der Waals surface area (Å²) in [5.74, 6) is 0. The molecular formula is C35H21N5. The van der Waals surface area contributed by atoms with Crippen molar-refractivity contribution in [2.75, 3.05) is 9.80 Å². The van der Waals surface area contributed by atoms with E-state index in [-0.39, 0.29) is 12.1 Å². The monoisotopic (exact) mass is 511 g/mol. The minimum atomic E-state index is 0.0340. The SMILES string of the molecule is c1ccc2c(c1)-c1ccncc1N1c3cncc4c3-c3c(cccc3C3c5ccccc5-c5ccncc5N43)C21. The molecule has 4 aliphatic heterocycles. The molecule has 40 heavy (non-hydrogen) atoms. The molecule has 2 unspecified atom stereocenters. The fraction of sp³-hybridized carbons (Fsp3) is 0.0571. The second kappa shape index (κ2) is 7.21. The molecule has 7 heterocycles. The van der Waals surface area contributed by atoms with Gasteiger partial charge in [-0.15, -0.1) is 0 Å². The minimum absolute atomic E-state index is 0.0340. The average Bonchev–Trinajstić information content (AvgIpc) is 3.03. The number of nitrogens with zero attached hydrogens (tertiary/aromatic N) is 5. The number of benzene rings is 3. The van der Waals surface area contributed by atoms with E-state index in [1.54, 1.807) is 0 Å². The molecule has 2 atom stereocenters. The molecule has 5 nitrogen and oxygen atoms in total. The van der Waals surface area contributed by atoms with E-state index in [1.165, 1.54) is 55.6 Å². The third kappa shape index (κ3) is 2.33. The molecule has 0 aliphatic carbocycles. The standard InChI is InChI=1S/C35H21N5/c1-3-8-24-20(6-1)22-12-14-36-16-28(22)39-30-18-38-19-31-33(30)32-26(34(24)39)10-5-11-27(32)35-25-9-4-2-7-21(25)23-13-15-37-17-29(23)40(31)35/h1-19,34-35H. The maximum absolute atomic E-state index is 4.89. The van der Waals surface area contributed by atoms with Crippen LogP contribution in [-0.4, -0.2) is 15.0 Å². The van der Waals surface area contributed by atoms with E-state index < -0.39 is 0 Å². The summed E-state index contributed by atoms with van der Waals surface area (Å²) in [5.41, 5.74) is 17.3. The van der Waals surface area contributed by atoms with Crippen LogP contribution < -0.4 is 9.80 Å². The third-order valence-corrected chi connectivity index (χ3v) is 9.12. The molecule has 0 bridgehead atoms. The van der Waals surface area contributed by atoms with E-state index in [4.69, 9.17) is 4.98 Å². The Balaban J connectivity index is 1.35. The van der Waals surface area contributed by atoms with Crippen LogP contribution in [0.25, 0.3) is 33.4 Å². The Bertz CT molecular complexity index is 1780. The van der Waals surface area contributed by atoms with Gasteiger partial charge in [0, 0.05) is 29.1 Å². The summed E-state index contributed by atoms with van der Waals surface area (Å²) in [6, 6.07) is 28.9. The Morgan fingerprint density at radius 2 is 0.875 bits per heavy atom. The lowest BCUT2D eigenvalue weighted by Crippen LogP contribution is -2.38. The summed E-state index contributed by atoms with van der Waals surface area (Å²) in [6.45, 7) is 0. The van der Waals surface area contributed by atoms with Crippen molar-refractivity contribution in [3.8, 4) is 33.4 Å². The van der Waals surface area contributed by atoms with Gasteiger partial charge in [-0.05, 0) is 51.1 Å². The molecule has 0 saturated heterocycles. The Kier molecular flexibility index (Phi) is 3.72. The van der Waals surface area contributed by atoms with Crippen molar-refractivity contribution in [1.82, 2.24) is 15.0 Å². The van der Waals surface area contributed by atoms with Crippen LogP contribution >= 0.6 is 0 Å². The molecule has 186 valence electrons. The molecule has 0 amide bonds. The first-order valence-electron chi connectivity index (χ1n) is 13.7. The molecule has 4 aliphatic rings. The highest BCUT2D eigenvalue weighted by molar-refractivity contribution is 6.06. The van der Waals surface area contributed by atoms with Gasteiger partial charge in [-0.1, -0.05) is 66.7 Å². The number of fused-ring (bicyclic) bond motifs is 16. The molecule has 0 saturated carbocycles. The van der Waals surface area contributed by atoms with Gasteiger partial charge in [0.2, 0.25) is 0 Å². The summed E-state index contributed by atoms with van der Waals surface area (Å²) in [4.78, 5) is 19.0. The average molecular weight is 512 g/mol. The lowest BCUT2D eigenvalue weighted by molar-refractivity contribution is 0.757. The van der Waals surface area contributed by atoms with Crippen LogP contribution in [0, 0.1) is 0 Å². The van der Waals surface area contributed by atoms with E-state index in [2.05, 4.69) is 98.6 Å². The summed E-state index contributed by atoms with van der Waals surface area (Å²) in [7, 11) is 0. The van der Waals surface area contributed by atoms with E-state index >= 15 is 0 Å². The topological polar surface area (TPSA) is 45.2 Å². The highest BCUT2D eigenvalue weighted by atomic mass is 15.2. The van der Waals surface area contributed by atoms with Crippen LogP contribution in [0.4, 0.5) is 22.7 Å². The smallest absolute Gasteiger partial charge is 0.0858 e. The Morgan fingerprint density at radius 3 is 1.43 bits per heavy atom. The van der Waals surface area contributed by atoms with Crippen molar-refractivity contribution in [2.24, 2.45) is 0 Å². The second-order valence-electron chi connectivity index (χ2n) is 10.9. The molecular weight excluding hydrogens is 490 g/mol. The zero-order valence-corrected chi connectivity index (χ0v) is 21.4. The first kappa shape index (κ1) is 20.6. The van der Waals surface area contributed by atoms with Crippen molar-refractivity contribution < 1.29 is 0 Å². The van der Waals surface area contributed by atoms with Gasteiger partial charge in [-0.2, -0.15) is 0 Å². The predicted octanol–water partition coefficient (Wildman–Crippen LogP) is 7.98. The molecule has 10 rings (SSSR count). The Hall–Kier alpha value is -5.29. The van der Waals surface area contributed by atoms with Gasteiger partial charge < -0.3 is 9.80 Å². The van der Waals surface area contributed by atoms with Gasteiger partial charge in [0.05, 0.1) is 59.6 Å². The van der Waals surface area contributed by atoms with E-state index in [0.29, 0.717) is 0 Å². The maximum atomic E-state index is 4.89. The summed E-state index contributed by atoms with van der Waals surface area (Å²) >= 11 is 0. The van der Waals surface area contributed by atoms with E-state index in [1.807, 2.05) is 37.2 Å². The Morgan fingerprint density at radius 1 is 0.400 bits per heavy atom. The highest BCUT2D eigenvalue weighted by Gasteiger charge is 2.47. The summed E-state index contributed by atoms with van der Waals surface area (Å²) in [5, 5.41) is 0. The fourth-order valence-electron chi connectivity index (χ4n) is 7.67. The Labute approximate surface area is 231 Å². The normalized spacial score (nSPS) is 17.9. The second-order valence-corrected chi connectivity index (χ2v) is 10.9. The van der Waals surface area contributed by atoms with Crippen LogP contribution in [0.15, 0.2) is 116 Å². The first-order chi connectivity index (χ1) is 19.9. The van der Waals surface area contributed by atoms with Crippen LogP contribution in [0.5, 0.6) is 0 Å². The number of rotatable bonds is 0. The van der Waals surface area contributed by atoms with E-state index in [9.17, 15) is 0 Å². The van der Waals surface area contributed by atoms with Gasteiger partial charge >= 0.3 is 0 Å². The molecule has 5 heteroatoms.